The van der Waals surface area contributed by atoms with Gasteiger partial charge in [-0.25, -0.2) is 0 Å². The van der Waals surface area contributed by atoms with Crippen LogP contribution in [0.1, 0.15) is 72.5 Å². The fraction of sp³-hybridized carbons (Fsp3) is 0.700. The van der Waals surface area contributed by atoms with Gasteiger partial charge in [0.2, 0.25) is 0 Å². The van der Waals surface area contributed by atoms with Crippen molar-refractivity contribution in [2.45, 2.75) is 51.9 Å². The smallest absolute Gasteiger partial charge is 0.161 e. The molecule has 0 aromatic heterocycles. The molecule has 2 aliphatic heterocycles. The summed E-state index contributed by atoms with van der Waals surface area (Å²) in [5.41, 5.74) is -3.74. The van der Waals surface area contributed by atoms with Gasteiger partial charge in [0, 0.05) is 35.5 Å². The molecule has 4 nitrogen and oxygen atoms in total. The monoisotopic (exact) mass is 349 g/mol. The van der Waals surface area contributed by atoms with E-state index < -0.39 is 87.7 Å². The van der Waals surface area contributed by atoms with Gasteiger partial charge >= 0.3 is 0 Å². The lowest BCUT2D eigenvalue weighted by Crippen LogP contribution is -2.48. The number of rotatable bonds is 3. The predicted molar refractivity (Wildman–Crippen MR) is 95.7 cm³/mol. The molecule has 4 heteroatoms. The molecule has 0 bridgehead atoms. The quantitative estimate of drug-likeness (QED) is 0.908. The highest BCUT2D eigenvalue weighted by Crippen LogP contribution is 2.44. The molecule has 0 amide bonds. The molecule has 0 spiro atoms. The minimum atomic E-state index is -3.41. The van der Waals surface area contributed by atoms with Crippen molar-refractivity contribution in [3.63, 3.8) is 0 Å². The summed E-state index contributed by atoms with van der Waals surface area (Å²) in [7, 11) is -1.84. The second-order valence-electron chi connectivity index (χ2n) is 6.09. The largest absolute Gasteiger partial charge is 0.493 e. The zero-order chi connectivity index (χ0) is 31.3. The number of fused-ring (bicyclic) bond motifs is 3. The van der Waals surface area contributed by atoms with Gasteiger partial charge in [0.1, 0.15) is 0 Å². The summed E-state index contributed by atoms with van der Waals surface area (Å²) >= 11 is 0. The highest BCUT2D eigenvalue weighted by molar-refractivity contribution is 5.49. The number of aliphatic hydroxyl groups is 1. The number of aliphatic hydroxyl groups excluding tert-OH is 1. The number of methoxy groups -OCH3 is 2. The summed E-state index contributed by atoms with van der Waals surface area (Å²) in [6.07, 6.45) is -8.84. The summed E-state index contributed by atoms with van der Waals surface area (Å²) in [6, 6.07) is -0.351. The van der Waals surface area contributed by atoms with E-state index in [-0.39, 0.29) is 11.3 Å². The van der Waals surface area contributed by atoms with Crippen LogP contribution in [0.2, 0.25) is 0 Å². The molecule has 0 aliphatic carbocycles. The molecule has 3 unspecified atom stereocenters. The van der Waals surface area contributed by atoms with E-state index in [9.17, 15) is 6.48 Å². The Morgan fingerprint density at radius 3 is 2.96 bits per heavy atom. The van der Waals surface area contributed by atoms with Crippen LogP contribution in [0, 0.1) is 11.3 Å². The maximum absolute atomic E-state index is 11.2. The summed E-state index contributed by atoms with van der Waals surface area (Å²) in [6.45, 7) is -10.1. The Bertz CT molecular complexity index is 1130. The van der Waals surface area contributed by atoms with Crippen LogP contribution in [-0.4, -0.2) is 43.3 Å². The number of aryl methyl sites for hydroxylation is 1. The van der Waals surface area contributed by atoms with Crippen LogP contribution >= 0.6 is 0 Å². The van der Waals surface area contributed by atoms with Crippen LogP contribution in [-0.2, 0) is 6.37 Å². The average molecular weight is 350 g/mol. The Labute approximate surface area is 168 Å². The van der Waals surface area contributed by atoms with E-state index in [1.54, 1.807) is 0 Å². The van der Waals surface area contributed by atoms with Crippen LogP contribution in [0.4, 0.5) is 0 Å². The molecule has 3 atom stereocenters. The number of hydrogen-bond donors (Lipinski definition) is 1. The number of benzene rings is 1. The zero-order valence-electron chi connectivity index (χ0n) is 29.4. The highest BCUT2D eigenvalue weighted by atomic mass is 16.5. The standard InChI is InChI=1S/C20H31NO3/c1-20(2,3)11-14-12-21-7-6-13-8-18(23-4)19(24-5)9-15(13)16(21)10-17(14)22/h8-9,14,16-17,22H,6-7,10-12H2,1-5H3/i1D3,2D3,5D3,6D2,7D2,11D2,16D. The molecule has 1 aromatic carbocycles. The number of ether oxygens (including phenoxy) is 2. The number of piperidine rings is 1. The molecule has 2 heterocycles. The van der Waals surface area contributed by atoms with E-state index in [1.165, 1.54) is 0 Å². The van der Waals surface area contributed by atoms with Crippen LogP contribution in [0.5, 0.6) is 11.5 Å². The molecule has 134 valence electrons. The molecule has 3 rings (SSSR count). The van der Waals surface area contributed by atoms with Crippen molar-refractivity contribution in [1.29, 1.82) is 0 Å². The molecule has 0 radical (unpaired) electrons. The molecular weight excluding hydrogens is 302 g/mol. The van der Waals surface area contributed by atoms with Crippen molar-refractivity contribution in [3.05, 3.63) is 23.3 Å². The first-order chi connectivity index (χ1) is 17.6. The minimum Gasteiger partial charge on any atom is -0.493 e. The Hall–Kier alpha value is -1.26. The molecular formula is C20H31NO3. The molecule has 1 N–H and O–H groups in total. The minimum absolute atomic E-state index is 0.261. The zero-order valence-corrected chi connectivity index (χ0v) is 13.4. The SMILES string of the molecule is [2H]C([2H])([2H])Oc1cc2c(cc1OC)C([2H])([2H])C([2H])([2H])N1CC(C([2H])([2H])C(C)(C([2H])([2H])[2H])C([2H])([2H])[2H])C(O)CC21[2H]. The van der Waals surface area contributed by atoms with Crippen molar-refractivity contribution >= 4 is 0 Å². The average Bonchev–Trinajstić information content (AvgIpc) is 2.74. The van der Waals surface area contributed by atoms with Crippen molar-refractivity contribution in [3.8, 4) is 11.5 Å². The Morgan fingerprint density at radius 1 is 1.46 bits per heavy atom. The summed E-state index contributed by atoms with van der Waals surface area (Å²) in [5, 5.41) is 11.2. The maximum atomic E-state index is 11.2. The Kier molecular flexibility index (Phi) is 1.77. The first-order valence-corrected chi connectivity index (χ1v) is 7.49. The van der Waals surface area contributed by atoms with Gasteiger partial charge in [-0.2, -0.15) is 0 Å². The van der Waals surface area contributed by atoms with E-state index in [0.717, 1.165) is 19.2 Å². The van der Waals surface area contributed by atoms with Gasteiger partial charge < -0.3 is 14.6 Å². The lowest BCUT2D eigenvalue weighted by molar-refractivity contribution is -0.0259. The normalized spacial score (nSPS) is 46.6. The maximum Gasteiger partial charge on any atom is 0.161 e. The van der Waals surface area contributed by atoms with E-state index >= 15 is 0 Å². The molecule has 1 saturated heterocycles. The fourth-order valence-corrected chi connectivity index (χ4v) is 3.03. The molecule has 1 aromatic rings. The van der Waals surface area contributed by atoms with Crippen LogP contribution in [0.25, 0.3) is 0 Å². The molecule has 2 aliphatic rings. The van der Waals surface area contributed by atoms with Gasteiger partial charge in [0.25, 0.3) is 0 Å². The molecule has 24 heavy (non-hydrogen) atoms. The van der Waals surface area contributed by atoms with Crippen molar-refractivity contribution in [2.24, 2.45) is 11.3 Å². The summed E-state index contributed by atoms with van der Waals surface area (Å²) in [4.78, 5) is 0.614. The Morgan fingerprint density at radius 2 is 2.25 bits per heavy atom. The van der Waals surface area contributed by atoms with Gasteiger partial charge in [-0.05, 0) is 53.8 Å². The number of hydrogen-bond acceptors (Lipinski definition) is 4. The van der Waals surface area contributed by atoms with Gasteiger partial charge in [-0.1, -0.05) is 20.6 Å². The van der Waals surface area contributed by atoms with E-state index in [2.05, 4.69) is 0 Å². The third-order valence-electron chi connectivity index (χ3n) is 4.10. The van der Waals surface area contributed by atoms with Crippen molar-refractivity contribution in [1.82, 2.24) is 4.90 Å². The topological polar surface area (TPSA) is 41.9 Å². The first kappa shape index (κ1) is 6.48. The molecule has 0 saturated carbocycles. The summed E-state index contributed by atoms with van der Waals surface area (Å²) < 4.78 is 141. The van der Waals surface area contributed by atoms with Gasteiger partial charge in [0.05, 0.1) is 25.7 Å². The van der Waals surface area contributed by atoms with Crippen LogP contribution in [0.15, 0.2) is 12.1 Å². The van der Waals surface area contributed by atoms with Crippen molar-refractivity contribution < 1.29 is 36.5 Å². The molecule has 1 fully saturated rings. The van der Waals surface area contributed by atoms with Gasteiger partial charge in [-0.3, -0.25) is 4.90 Å². The van der Waals surface area contributed by atoms with Crippen LogP contribution in [0.3, 0.4) is 0 Å². The lowest BCUT2D eigenvalue weighted by Gasteiger charge is -2.47. The van der Waals surface area contributed by atoms with Crippen LogP contribution < -0.4 is 9.47 Å². The highest BCUT2D eigenvalue weighted by Gasteiger charge is 2.39. The van der Waals surface area contributed by atoms with E-state index in [1.807, 2.05) is 0 Å². The van der Waals surface area contributed by atoms with Gasteiger partial charge in [-0.15, -0.1) is 0 Å². The Balaban J connectivity index is 2.27. The first-order valence-electron chi connectivity index (χ1n) is 15.5. The third kappa shape index (κ3) is 3.40. The number of nitrogens with zero attached hydrogens (tertiary/aromatic N) is 1. The predicted octanol–water partition coefficient (Wildman–Crippen LogP) is 3.42. The third-order valence-corrected chi connectivity index (χ3v) is 4.10. The van der Waals surface area contributed by atoms with E-state index in [4.69, 9.17) is 30.0 Å². The fourth-order valence-electron chi connectivity index (χ4n) is 3.03. The van der Waals surface area contributed by atoms with E-state index in [0.29, 0.717) is 11.8 Å². The second-order valence-corrected chi connectivity index (χ2v) is 6.09. The lowest BCUT2D eigenvalue weighted by atomic mass is 9.75. The van der Waals surface area contributed by atoms with Crippen molar-refractivity contribution in [2.75, 3.05) is 27.2 Å². The van der Waals surface area contributed by atoms with Gasteiger partial charge in [0.15, 0.2) is 11.5 Å². The summed E-state index contributed by atoms with van der Waals surface area (Å²) in [5.74, 6) is -2.57. The second kappa shape index (κ2) is 6.57.